The third-order valence-electron chi connectivity index (χ3n) is 5.00. The highest BCUT2D eigenvalue weighted by atomic mass is 16.3. The molecule has 1 fully saturated rings. The molecule has 128 valence electrons. The highest BCUT2D eigenvalue weighted by Gasteiger charge is 2.38. The van der Waals surface area contributed by atoms with Crippen molar-refractivity contribution >= 4 is 0 Å². The second-order valence-electron chi connectivity index (χ2n) is 8.55. The van der Waals surface area contributed by atoms with Crippen LogP contribution < -0.4 is 5.32 Å². The Balaban J connectivity index is 1.88. The van der Waals surface area contributed by atoms with E-state index >= 15 is 0 Å². The van der Waals surface area contributed by atoms with E-state index in [9.17, 15) is 5.11 Å². The number of piperidine rings is 1. The van der Waals surface area contributed by atoms with Crippen LogP contribution in [0.1, 0.15) is 63.1 Å². The smallest absolute Gasteiger partial charge is 0.119 e. The van der Waals surface area contributed by atoms with Gasteiger partial charge in [0.2, 0.25) is 0 Å². The Morgan fingerprint density at radius 3 is 2.21 bits per heavy atom. The van der Waals surface area contributed by atoms with E-state index < -0.39 is 0 Å². The van der Waals surface area contributed by atoms with Crippen molar-refractivity contribution in [1.82, 2.24) is 5.32 Å². The zero-order valence-electron chi connectivity index (χ0n) is 15.3. The number of aromatic hydroxyl groups is 1. The van der Waals surface area contributed by atoms with Crippen LogP contribution in [0, 0.1) is 0 Å². The Kier molecular flexibility index (Phi) is 4.44. The molecule has 1 aliphatic heterocycles. The largest absolute Gasteiger partial charge is 0.508 e. The summed E-state index contributed by atoms with van der Waals surface area (Å²) in [5.74, 6) is 0.918. The van der Waals surface area contributed by atoms with Gasteiger partial charge in [-0.05, 0) is 69.2 Å². The lowest BCUT2D eigenvalue weighted by atomic mass is 9.73. The minimum atomic E-state index is 0.129. The van der Waals surface area contributed by atoms with Gasteiger partial charge in [-0.25, -0.2) is 0 Å². The Labute approximate surface area is 145 Å². The number of phenolic OH excluding ortho intramolecular Hbond substituents is 1. The van der Waals surface area contributed by atoms with Gasteiger partial charge in [-0.15, -0.1) is 0 Å². The predicted octanol–water partition coefficient (Wildman–Crippen LogP) is 5.01. The minimum absolute atomic E-state index is 0.129. The van der Waals surface area contributed by atoms with E-state index in [0.717, 1.165) is 24.8 Å². The van der Waals surface area contributed by atoms with Crippen molar-refractivity contribution in [3.8, 4) is 5.75 Å². The minimum Gasteiger partial charge on any atom is -0.508 e. The summed E-state index contributed by atoms with van der Waals surface area (Å²) in [7, 11) is 0. The maximum absolute atomic E-state index is 10.3. The van der Waals surface area contributed by atoms with Crippen molar-refractivity contribution in [3.63, 3.8) is 0 Å². The average molecular weight is 323 g/mol. The third kappa shape index (κ3) is 3.99. The van der Waals surface area contributed by atoms with Gasteiger partial charge in [0.1, 0.15) is 5.75 Å². The molecule has 0 atom stereocenters. The summed E-state index contributed by atoms with van der Waals surface area (Å²) in [5, 5.41) is 14.0. The summed E-state index contributed by atoms with van der Waals surface area (Å²) in [4.78, 5) is 0. The lowest BCUT2D eigenvalue weighted by Crippen LogP contribution is -2.57. The van der Waals surface area contributed by atoms with Gasteiger partial charge in [0, 0.05) is 17.5 Å². The van der Waals surface area contributed by atoms with Crippen LogP contribution in [0.2, 0.25) is 0 Å². The highest BCUT2D eigenvalue weighted by molar-refractivity contribution is 5.41. The zero-order chi connectivity index (χ0) is 17.4. The van der Waals surface area contributed by atoms with Gasteiger partial charge in [0.15, 0.2) is 0 Å². The first-order valence-corrected chi connectivity index (χ1v) is 8.89. The standard InChI is InChI=1S/C22H29NO/c1-21(2)14-19(15-22(3,4)23-21)17-10-11-20(24)18(13-17)12-16-8-6-5-7-9-16/h5-11,13,19,23-24H,12,14-15H2,1-4H3. The molecule has 1 saturated heterocycles. The van der Waals surface area contributed by atoms with Gasteiger partial charge < -0.3 is 10.4 Å². The fraction of sp³-hybridized carbons (Fsp3) is 0.455. The molecule has 3 rings (SSSR count). The Hall–Kier alpha value is -1.80. The molecule has 2 nitrogen and oxygen atoms in total. The van der Waals surface area contributed by atoms with Crippen molar-refractivity contribution in [2.45, 2.75) is 64.0 Å². The molecule has 24 heavy (non-hydrogen) atoms. The first-order valence-electron chi connectivity index (χ1n) is 8.89. The molecule has 1 aliphatic rings. The number of rotatable bonds is 3. The molecule has 0 radical (unpaired) electrons. The summed E-state index contributed by atoms with van der Waals surface area (Å²) in [5.41, 5.74) is 3.86. The molecule has 0 unspecified atom stereocenters. The van der Waals surface area contributed by atoms with Gasteiger partial charge in [0.25, 0.3) is 0 Å². The van der Waals surface area contributed by atoms with Crippen LogP contribution in [0.25, 0.3) is 0 Å². The molecular formula is C22H29NO. The van der Waals surface area contributed by atoms with E-state index in [0.29, 0.717) is 11.7 Å². The van der Waals surface area contributed by atoms with Crippen LogP contribution in [0.15, 0.2) is 48.5 Å². The average Bonchev–Trinajstić information content (AvgIpc) is 2.47. The fourth-order valence-corrected chi connectivity index (χ4v) is 4.37. The van der Waals surface area contributed by atoms with Gasteiger partial charge in [-0.1, -0.05) is 42.5 Å². The van der Waals surface area contributed by atoms with E-state index in [-0.39, 0.29) is 11.1 Å². The van der Waals surface area contributed by atoms with Crippen molar-refractivity contribution in [2.75, 3.05) is 0 Å². The number of nitrogens with one attached hydrogen (secondary N) is 1. The van der Waals surface area contributed by atoms with Crippen LogP contribution in [0.3, 0.4) is 0 Å². The molecule has 1 heterocycles. The van der Waals surface area contributed by atoms with Crippen LogP contribution in [0.5, 0.6) is 5.75 Å². The maximum Gasteiger partial charge on any atom is 0.119 e. The molecule has 0 bridgehead atoms. The Morgan fingerprint density at radius 2 is 1.58 bits per heavy atom. The Bertz CT molecular complexity index is 687. The fourth-order valence-electron chi connectivity index (χ4n) is 4.37. The molecule has 0 amide bonds. The molecule has 0 aliphatic carbocycles. The molecule has 2 N–H and O–H groups in total. The number of hydrogen-bond donors (Lipinski definition) is 2. The van der Waals surface area contributed by atoms with Gasteiger partial charge in [-0.2, -0.15) is 0 Å². The predicted molar refractivity (Wildman–Crippen MR) is 101 cm³/mol. The number of hydrogen-bond acceptors (Lipinski definition) is 2. The van der Waals surface area contributed by atoms with Gasteiger partial charge in [0.05, 0.1) is 0 Å². The van der Waals surface area contributed by atoms with Crippen LogP contribution in [-0.4, -0.2) is 16.2 Å². The van der Waals surface area contributed by atoms with E-state index in [1.54, 1.807) is 0 Å². The molecule has 2 aromatic carbocycles. The normalized spacial score (nSPS) is 20.0. The van der Waals surface area contributed by atoms with Crippen LogP contribution >= 0.6 is 0 Å². The molecular weight excluding hydrogens is 294 g/mol. The quantitative estimate of drug-likeness (QED) is 0.832. The van der Waals surface area contributed by atoms with E-state index in [1.807, 2.05) is 24.3 Å². The van der Waals surface area contributed by atoms with Crippen LogP contribution in [0.4, 0.5) is 0 Å². The first-order chi connectivity index (χ1) is 11.2. The van der Waals surface area contributed by atoms with Crippen LogP contribution in [-0.2, 0) is 6.42 Å². The van der Waals surface area contributed by atoms with Crippen molar-refractivity contribution in [2.24, 2.45) is 0 Å². The Morgan fingerprint density at radius 1 is 0.958 bits per heavy atom. The summed E-state index contributed by atoms with van der Waals surface area (Å²) in [6.07, 6.45) is 3.01. The summed E-state index contributed by atoms with van der Waals surface area (Å²) in [6, 6.07) is 16.5. The molecule has 0 spiro atoms. The molecule has 2 heteroatoms. The van der Waals surface area contributed by atoms with E-state index in [2.05, 4.69) is 57.3 Å². The van der Waals surface area contributed by atoms with Gasteiger partial charge in [-0.3, -0.25) is 0 Å². The summed E-state index contributed by atoms with van der Waals surface area (Å²) >= 11 is 0. The number of benzene rings is 2. The van der Waals surface area contributed by atoms with Gasteiger partial charge >= 0.3 is 0 Å². The van der Waals surface area contributed by atoms with E-state index in [1.165, 1.54) is 11.1 Å². The second-order valence-corrected chi connectivity index (χ2v) is 8.55. The summed E-state index contributed by atoms with van der Waals surface area (Å²) in [6.45, 7) is 9.14. The molecule has 2 aromatic rings. The first kappa shape index (κ1) is 17.0. The highest BCUT2D eigenvalue weighted by Crippen LogP contribution is 2.40. The van der Waals surface area contributed by atoms with Crippen molar-refractivity contribution in [1.29, 1.82) is 0 Å². The summed E-state index contributed by atoms with van der Waals surface area (Å²) < 4.78 is 0. The monoisotopic (exact) mass is 323 g/mol. The second kappa shape index (κ2) is 6.25. The maximum atomic E-state index is 10.3. The van der Waals surface area contributed by atoms with Crippen molar-refractivity contribution < 1.29 is 5.11 Å². The van der Waals surface area contributed by atoms with Crippen molar-refractivity contribution in [3.05, 3.63) is 65.2 Å². The molecule has 0 aromatic heterocycles. The third-order valence-corrected chi connectivity index (χ3v) is 5.00. The topological polar surface area (TPSA) is 32.3 Å². The SMILES string of the molecule is CC1(C)CC(c2ccc(O)c(Cc3ccccc3)c2)CC(C)(C)N1. The lowest BCUT2D eigenvalue weighted by molar-refractivity contribution is 0.162. The molecule has 0 saturated carbocycles. The lowest BCUT2D eigenvalue weighted by Gasteiger charge is -2.46. The van der Waals surface area contributed by atoms with E-state index in [4.69, 9.17) is 0 Å². The number of phenols is 1. The zero-order valence-corrected chi connectivity index (χ0v) is 15.3.